The van der Waals surface area contributed by atoms with Gasteiger partial charge in [-0.25, -0.2) is 4.39 Å². The molecule has 202 valence electrons. The molecule has 3 aliphatic carbocycles. The van der Waals surface area contributed by atoms with Gasteiger partial charge in [-0.3, -0.25) is 14.5 Å². The molecule has 2 amide bonds. The van der Waals surface area contributed by atoms with Crippen molar-refractivity contribution in [2.45, 2.75) is 70.9 Å². The maximum absolute atomic E-state index is 15.1. The van der Waals surface area contributed by atoms with Crippen LogP contribution in [0.1, 0.15) is 62.6 Å². The third-order valence-corrected chi connectivity index (χ3v) is 10.1. The first-order valence-corrected chi connectivity index (χ1v) is 14.6. The molecular formula is C32H40FN3O2. The van der Waals surface area contributed by atoms with E-state index in [1.165, 1.54) is 6.07 Å². The number of fused-ring (bicyclic) bond motifs is 1. The SMILES string of the molecule is CCC1C2C1C2(C(=O)Nc1ccc(F)c(CN2CCN(C(=O)C3CCCC3)[C@@H](C)C2)c1C)c1ccccc1. The van der Waals surface area contributed by atoms with Crippen molar-refractivity contribution in [2.75, 3.05) is 25.0 Å². The van der Waals surface area contributed by atoms with E-state index in [2.05, 4.69) is 36.2 Å². The van der Waals surface area contributed by atoms with Crippen molar-refractivity contribution in [3.05, 3.63) is 65.0 Å². The summed E-state index contributed by atoms with van der Waals surface area (Å²) in [6, 6.07) is 13.4. The Morgan fingerprint density at radius 2 is 1.76 bits per heavy atom. The van der Waals surface area contributed by atoms with Crippen LogP contribution in [0.5, 0.6) is 0 Å². The quantitative estimate of drug-likeness (QED) is 0.526. The Morgan fingerprint density at radius 1 is 1.05 bits per heavy atom. The highest BCUT2D eigenvalue weighted by molar-refractivity contribution is 6.04. The molecule has 1 aliphatic heterocycles. The molecule has 1 heterocycles. The van der Waals surface area contributed by atoms with Crippen molar-refractivity contribution in [1.82, 2.24) is 9.80 Å². The highest BCUT2D eigenvalue weighted by Gasteiger charge is 2.86. The number of carbonyl (C=O) groups is 2. The van der Waals surface area contributed by atoms with Crippen LogP contribution in [-0.4, -0.2) is 47.3 Å². The van der Waals surface area contributed by atoms with Gasteiger partial charge in [-0.05, 0) is 67.7 Å². The van der Waals surface area contributed by atoms with E-state index >= 15 is 4.39 Å². The number of hydrogen-bond donors (Lipinski definition) is 1. The summed E-state index contributed by atoms with van der Waals surface area (Å²) in [6.45, 7) is 8.84. The standard InChI is InChI=1S/C32H40FN3O2/c1-4-24-28-29(24)32(28,23-12-6-5-7-13-23)31(38)34-27-15-14-26(33)25(21(27)3)19-35-16-17-36(20(2)18-35)30(37)22-10-8-9-11-22/h5-7,12-15,20,22,24,28-29H,4,8-11,16-19H2,1-3H3,(H,34,38)/t20-,24?,28?,29?,32?/m0/s1. The van der Waals surface area contributed by atoms with Crippen LogP contribution in [0, 0.1) is 36.4 Å². The minimum Gasteiger partial charge on any atom is -0.337 e. The summed E-state index contributed by atoms with van der Waals surface area (Å²) in [5.41, 5.74) is 2.77. The number of amides is 2. The molecule has 38 heavy (non-hydrogen) atoms. The topological polar surface area (TPSA) is 52.7 Å². The van der Waals surface area contributed by atoms with Gasteiger partial charge < -0.3 is 10.2 Å². The summed E-state index contributed by atoms with van der Waals surface area (Å²) in [6.07, 6.45) is 5.45. The molecule has 3 atom stereocenters. The molecule has 6 heteroatoms. The molecule has 2 aromatic rings. The fourth-order valence-corrected chi connectivity index (χ4v) is 7.83. The highest BCUT2D eigenvalue weighted by Crippen LogP contribution is 2.82. The Balaban J connectivity index is 1.15. The lowest BCUT2D eigenvalue weighted by Gasteiger charge is -2.41. The second-order valence-electron chi connectivity index (χ2n) is 12.1. The monoisotopic (exact) mass is 517 g/mol. The number of benzene rings is 2. The van der Waals surface area contributed by atoms with Gasteiger partial charge in [0.1, 0.15) is 5.82 Å². The van der Waals surface area contributed by atoms with Crippen molar-refractivity contribution in [1.29, 1.82) is 0 Å². The Bertz CT molecular complexity index is 1210. The molecule has 5 nitrogen and oxygen atoms in total. The number of carbonyl (C=O) groups excluding carboxylic acids is 2. The lowest BCUT2D eigenvalue weighted by Crippen LogP contribution is -2.54. The van der Waals surface area contributed by atoms with E-state index in [4.69, 9.17) is 0 Å². The van der Waals surface area contributed by atoms with E-state index in [0.717, 1.165) is 56.3 Å². The number of nitrogens with one attached hydrogen (secondary N) is 1. The normalized spacial score (nSPS) is 30.7. The van der Waals surface area contributed by atoms with Crippen LogP contribution >= 0.6 is 0 Å². The molecule has 0 radical (unpaired) electrons. The molecule has 2 aromatic carbocycles. The minimum absolute atomic E-state index is 0.0386. The molecule has 1 saturated heterocycles. The third-order valence-electron chi connectivity index (χ3n) is 10.1. The van der Waals surface area contributed by atoms with Crippen molar-refractivity contribution >= 4 is 17.5 Å². The summed E-state index contributed by atoms with van der Waals surface area (Å²) in [5.74, 6) is 1.75. The number of hydrogen-bond acceptors (Lipinski definition) is 3. The Morgan fingerprint density at radius 3 is 2.42 bits per heavy atom. The second-order valence-corrected chi connectivity index (χ2v) is 12.1. The average Bonchev–Trinajstić information content (AvgIpc) is 3.74. The highest BCUT2D eigenvalue weighted by atomic mass is 19.1. The molecule has 0 aromatic heterocycles. The third kappa shape index (κ3) is 4.07. The van der Waals surface area contributed by atoms with Crippen molar-refractivity contribution in [2.24, 2.45) is 23.7 Å². The van der Waals surface area contributed by atoms with Gasteiger partial charge in [0.05, 0.1) is 5.41 Å². The zero-order valence-corrected chi connectivity index (χ0v) is 22.9. The smallest absolute Gasteiger partial charge is 0.235 e. The van der Waals surface area contributed by atoms with Gasteiger partial charge in [0.2, 0.25) is 11.8 Å². The summed E-state index contributed by atoms with van der Waals surface area (Å²) in [4.78, 5) is 31.0. The van der Waals surface area contributed by atoms with Gasteiger partial charge in [0.25, 0.3) is 0 Å². The van der Waals surface area contributed by atoms with Gasteiger partial charge in [-0.1, -0.05) is 56.5 Å². The molecule has 4 fully saturated rings. The number of piperazine rings is 1. The maximum atomic E-state index is 15.1. The van der Waals surface area contributed by atoms with E-state index in [9.17, 15) is 9.59 Å². The predicted molar refractivity (Wildman–Crippen MR) is 147 cm³/mol. The summed E-state index contributed by atoms with van der Waals surface area (Å²) in [5, 5.41) is 3.21. The minimum atomic E-state index is -0.444. The summed E-state index contributed by atoms with van der Waals surface area (Å²) >= 11 is 0. The molecular weight excluding hydrogens is 477 g/mol. The van der Waals surface area contributed by atoms with Gasteiger partial charge in [0.15, 0.2) is 0 Å². The fourth-order valence-electron chi connectivity index (χ4n) is 7.83. The molecule has 4 aliphatic rings. The lowest BCUT2D eigenvalue weighted by atomic mass is 9.80. The average molecular weight is 518 g/mol. The first-order valence-electron chi connectivity index (χ1n) is 14.6. The van der Waals surface area contributed by atoms with Gasteiger partial charge in [-0.2, -0.15) is 0 Å². The molecule has 3 saturated carbocycles. The maximum Gasteiger partial charge on any atom is 0.235 e. The summed E-state index contributed by atoms with van der Waals surface area (Å²) < 4.78 is 15.1. The van der Waals surface area contributed by atoms with E-state index in [-0.39, 0.29) is 23.7 Å². The van der Waals surface area contributed by atoms with Gasteiger partial charge >= 0.3 is 0 Å². The molecule has 2 unspecified atom stereocenters. The number of halogens is 1. The molecule has 0 bridgehead atoms. The molecule has 1 N–H and O–H groups in total. The first kappa shape index (κ1) is 25.5. The summed E-state index contributed by atoms with van der Waals surface area (Å²) in [7, 11) is 0. The van der Waals surface area contributed by atoms with Gasteiger partial charge in [-0.15, -0.1) is 0 Å². The zero-order valence-electron chi connectivity index (χ0n) is 22.9. The largest absolute Gasteiger partial charge is 0.337 e. The van der Waals surface area contributed by atoms with Crippen molar-refractivity contribution < 1.29 is 14.0 Å². The van der Waals surface area contributed by atoms with Crippen LogP contribution in [-0.2, 0) is 21.5 Å². The van der Waals surface area contributed by atoms with E-state index in [0.29, 0.717) is 48.0 Å². The van der Waals surface area contributed by atoms with E-state index in [1.807, 2.05) is 30.0 Å². The van der Waals surface area contributed by atoms with Crippen molar-refractivity contribution in [3.8, 4) is 0 Å². The fraction of sp³-hybridized carbons (Fsp3) is 0.562. The predicted octanol–water partition coefficient (Wildman–Crippen LogP) is 5.52. The van der Waals surface area contributed by atoms with Crippen LogP contribution in [0.2, 0.25) is 0 Å². The lowest BCUT2D eigenvalue weighted by molar-refractivity contribution is -0.140. The molecule has 0 spiro atoms. The Kier molecular flexibility index (Phi) is 6.58. The number of rotatable bonds is 7. The van der Waals surface area contributed by atoms with E-state index in [1.54, 1.807) is 6.07 Å². The Hall–Kier alpha value is -2.73. The van der Waals surface area contributed by atoms with Gasteiger partial charge in [0, 0.05) is 49.4 Å². The van der Waals surface area contributed by atoms with Crippen LogP contribution in [0.25, 0.3) is 0 Å². The Labute approximate surface area is 225 Å². The molecule has 6 rings (SSSR count). The van der Waals surface area contributed by atoms with E-state index < -0.39 is 5.41 Å². The second kappa shape index (κ2) is 9.78. The number of anilines is 1. The van der Waals surface area contributed by atoms with Crippen LogP contribution in [0.4, 0.5) is 10.1 Å². The zero-order chi connectivity index (χ0) is 26.6. The first-order chi connectivity index (χ1) is 18.4. The van der Waals surface area contributed by atoms with Crippen LogP contribution in [0.15, 0.2) is 42.5 Å². The number of nitrogens with zero attached hydrogens (tertiary/aromatic N) is 2. The van der Waals surface area contributed by atoms with Crippen LogP contribution < -0.4 is 5.32 Å². The van der Waals surface area contributed by atoms with Crippen LogP contribution in [0.3, 0.4) is 0 Å². The van der Waals surface area contributed by atoms with Crippen molar-refractivity contribution in [3.63, 3.8) is 0 Å².